The zero-order chi connectivity index (χ0) is 17.8. The number of piperidine rings is 1. The van der Waals surface area contributed by atoms with Gasteiger partial charge in [0, 0.05) is 44.3 Å². The molecule has 2 fully saturated rings. The number of hydrogen-bond donors (Lipinski definition) is 1. The summed E-state index contributed by atoms with van der Waals surface area (Å²) in [5.74, 6) is 2.38. The van der Waals surface area contributed by atoms with Crippen LogP contribution in [0.5, 0.6) is 0 Å². The second kappa shape index (κ2) is 8.06. The fourth-order valence-corrected chi connectivity index (χ4v) is 4.21. The smallest absolute Gasteiger partial charge is 0.317 e. The van der Waals surface area contributed by atoms with E-state index >= 15 is 0 Å². The maximum atomic E-state index is 12.5. The highest BCUT2D eigenvalue weighted by molar-refractivity contribution is 5.74. The molecule has 2 saturated heterocycles. The van der Waals surface area contributed by atoms with Crippen molar-refractivity contribution in [2.45, 2.75) is 56.9 Å². The van der Waals surface area contributed by atoms with Gasteiger partial charge in [0.1, 0.15) is 11.6 Å². The number of rotatable bonds is 3. The van der Waals surface area contributed by atoms with E-state index in [1.165, 1.54) is 12.8 Å². The molecule has 1 aromatic heterocycles. The molecule has 26 heavy (non-hydrogen) atoms. The van der Waals surface area contributed by atoms with Crippen molar-refractivity contribution >= 4 is 11.8 Å². The molecular weight excluding hydrogens is 326 g/mol. The highest BCUT2D eigenvalue weighted by Crippen LogP contribution is 2.27. The standard InChI is InChI=1S/C20H29N5O/c26-20(22-17-6-2-1-3-7-17)25-14-9-16(10-15-25)19-21-11-8-18(23-19)24-12-4-5-13-24/h1-2,8,11,16-17H,3-7,9-10,12-15H2,(H,22,26). The molecule has 6 heteroatoms. The third kappa shape index (κ3) is 4.00. The van der Waals surface area contributed by atoms with Crippen molar-refractivity contribution in [1.29, 1.82) is 0 Å². The first kappa shape index (κ1) is 17.3. The Labute approximate surface area is 155 Å². The van der Waals surface area contributed by atoms with Crippen LogP contribution in [-0.2, 0) is 0 Å². The Morgan fingerprint density at radius 3 is 2.62 bits per heavy atom. The normalized spacial score (nSPS) is 24.1. The van der Waals surface area contributed by atoms with Gasteiger partial charge in [-0.1, -0.05) is 12.2 Å². The number of carbonyl (C=O) groups excluding carboxylic acids is 1. The summed E-state index contributed by atoms with van der Waals surface area (Å²) < 4.78 is 0. The maximum absolute atomic E-state index is 12.5. The summed E-state index contributed by atoms with van der Waals surface area (Å²) in [6, 6.07) is 2.41. The first-order valence-electron chi connectivity index (χ1n) is 10.1. The number of urea groups is 1. The number of likely N-dealkylation sites (tertiary alicyclic amines) is 1. The van der Waals surface area contributed by atoms with Crippen LogP contribution in [0.1, 0.15) is 56.7 Å². The van der Waals surface area contributed by atoms with E-state index in [0.717, 1.165) is 69.9 Å². The number of aromatic nitrogens is 2. The first-order valence-corrected chi connectivity index (χ1v) is 10.1. The fourth-order valence-electron chi connectivity index (χ4n) is 4.21. The van der Waals surface area contributed by atoms with Gasteiger partial charge in [-0.25, -0.2) is 14.8 Å². The average molecular weight is 355 g/mol. The van der Waals surface area contributed by atoms with Crippen molar-refractivity contribution in [2.75, 3.05) is 31.1 Å². The molecule has 0 bridgehead atoms. The van der Waals surface area contributed by atoms with Gasteiger partial charge in [0.2, 0.25) is 0 Å². The van der Waals surface area contributed by atoms with Crippen molar-refractivity contribution in [3.63, 3.8) is 0 Å². The Hall–Kier alpha value is -2.11. The monoisotopic (exact) mass is 355 g/mol. The largest absolute Gasteiger partial charge is 0.357 e. The second-order valence-electron chi connectivity index (χ2n) is 7.66. The summed E-state index contributed by atoms with van der Waals surface area (Å²) in [6.45, 7) is 3.78. The Bertz CT molecular complexity index is 647. The lowest BCUT2D eigenvalue weighted by Gasteiger charge is -2.33. The number of nitrogens with one attached hydrogen (secondary N) is 1. The van der Waals surface area contributed by atoms with Gasteiger partial charge in [0.15, 0.2) is 0 Å². The lowest BCUT2D eigenvalue weighted by Crippen LogP contribution is -2.47. The third-order valence-corrected chi connectivity index (χ3v) is 5.83. The van der Waals surface area contributed by atoms with Crippen molar-refractivity contribution in [1.82, 2.24) is 20.2 Å². The van der Waals surface area contributed by atoms with Crippen LogP contribution in [-0.4, -0.2) is 53.1 Å². The van der Waals surface area contributed by atoms with E-state index < -0.39 is 0 Å². The maximum Gasteiger partial charge on any atom is 0.317 e. The molecule has 0 aromatic carbocycles. The minimum Gasteiger partial charge on any atom is -0.357 e. The van der Waals surface area contributed by atoms with Gasteiger partial charge in [-0.05, 0) is 51.0 Å². The topological polar surface area (TPSA) is 61.4 Å². The van der Waals surface area contributed by atoms with Crippen molar-refractivity contribution in [2.24, 2.45) is 0 Å². The van der Waals surface area contributed by atoms with Crippen LogP contribution < -0.4 is 10.2 Å². The van der Waals surface area contributed by atoms with Gasteiger partial charge in [-0.3, -0.25) is 0 Å². The number of carbonyl (C=O) groups is 1. The minimum absolute atomic E-state index is 0.0930. The summed E-state index contributed by atoms with van der Waals surface area (Å²) >= 11 is 0. The zero-order valence-corrected chi connectivity index (χ0v) is 15.4. The summed E-state index contributed by atoms with van der Waals surface area (Å²) in [5.41, 5.74) is 0. The Balaban J connectivity index is 1.31. The van der Waals surface area contributed by atoms with Crippen molar-refractivity contribution in [3.05, 3.63) is 30.2 Å². The molecule has 3 aliphatic rings. The SMILES string of the molecule is O=C(NC1CC=CCC1)N1CCC(c2nccc(N3CCCC3)n2)CC1. The average Bonchev–Trinajstić information content (AvgIpc) is 3.24. The van der Waals surface area contributed by atoms with Gasteiger partial charge < -0.3 is 15.1 Å². The summed E-state index contributed by atoms with van der Waals surface area (Å²) in [5, 5.41) is 3.19. The molecule has 6 nitrogen and oxygen atoms in total. The zero-order valence-electron chi connectivity index (χ0n) is 15.4. The minimum atomic E-state index is 0.0930. The van der Waals surface area contributed by atoms with E-state index in [-0.39, 0.29) is 6.03 Å². The molecule has 0 radical (unpaired) electrons. The van der Waals surface area contributed by atoms with Crippen LogP contribution in [0, 0.1) is 0 Å². The molecule has 1 atom stereocenters. The van der Waals surface area contributed by atoms with Crippen LogP contribution in [0.15, 0.2) is 24.4 Å². The molecule has 4 rings (SSSR count). The molecule has 1 aliphatic carbocycles. The number of nitrogens with zero attached hydrogens (tertiary/aromatic N) is 4. The molecule has 1 N–H and O–H groups in total. The number of allylic oxidation sites excluding steroid dienone is 1. The van der Waals surface area contributed by atoms with Gasteiger partial charge in [0.05, 0.1) is 0 Å². The fraction of sp³-hybridized carbons (Fsp3) is 0.650. The van der Waals surface area contributed by atoms with Gasteiger partial charge in [-0.15, -0.1) is 0 Å². The van der Waals surface area contributed by atoms with E-state index in [9.17, 15) is 4.79 Å². The van der Waals surface area contributed by atoms with E-state index in [1.54, 1.807) is 0 Å². The number of anilines is 1. The van der Waals surface area contributed by atoms with E-state index in [2.05, 4.69) is 27.4 Å². The van der Waals surface area contributed by atoms with E-state index in [0.29, 0.717) is 12.0 Å². The molecule has 1 unspecified atom stereocenters. The quantitative estimate of drug-likeness (QED) is 0.847. The van der Waals surface area contributed by atoms with Crippen LogP contribution in [0.2, 0.25) is 0 Å². The molecule has 1 aromatic rings. The highest BCUT2D eigenvalue weighted by atomic mass is 16.2. The van der Waals surface area contributed by atoms with Crippen LogP contribution in [0.4, 0.5) is 10.6 Å². The summed E-state index contributed by atoms with van der Waals surface area (Å²) in [4.78, 5) is 26.2. The number of amides is 2. The van der Waals surface area contributed by atoms with Gasteiger partial charge in [-0.2, -0.15) is 0 Å². The Morgan fingerprint density at radius 1 is 1.08 bits per heavy atom. The highest BCUT2D eigenvalue weighted by Gasteiger charge is 2.27. The molecule has 0 saturated carbocycles. The second-order valence-corrected chi connectivity index (χ2v) is 7.66. The molecule has 0 spiro atoms. The lowest BCUT2D eigenvalue weighted by molar-refractivity contribution is 0.176. The predicted octanol–water partition coefficient (Wildman–Crippen LogP) is 3.07. The molecule has 3 heterocycles. The third-order valence-electron chi connectivity index (χ3n) is 5.83. The van der Waals surface area contributed by atoms with Crippen LogP contribution >= 0.6 is 0 Å². The molecule has 2 aliphatic heterocycles. The molecule has 140 valence electrons. The van der Waals surface area contributed by atoms with Gasteiger partial charge in [0.25, 0.3) is 0 Å². The van der Waals surface area contributed by atoms with E-state index in [1.807, 2.05) is 17.2 Å². The Kier molecular flexibility index (Phi) is 5.37. The molecule has 2 amide bonds. The first-order chi connectivity index (χ1) is 12.8. The Morgan fingerprint density at radius 2 is 1.88 bits per heavy atom. The summed E-state index contributed by atoms with van der Waals surface area (Å²) in [6.07, 6.45) is 13.7. The van der Waals surface area contributed by atoms with Crippen molar-refractivity contribution < 1.29 is 4.79 Å². The van der Waals surface area contributed by atoms with Crippen LogP contribution in [0.25, 0.3) is 0 Å². The van der Waals surface area contributed by atoms with E-state index in [4.69, 9.17) is 4.98 Å². The lowest BCUT2D eigenvalue weighted by atomic mass is 9.96. The predicted molar refractivity (Wildman–Crippen MR) is 102 cm³/mol. The van der Waals surface area contributed by atoms with Crippen LogP contribution in [0.3, 0.4) is 0 Å². The van der Waals surface area contributed by atoms with Gasteiger partial charge >= 0.3 is 6.03 Å². The summed E-state index contributed by atoms with van der Waals surface area (Å²) in [7, 11) is 0. The van der Waals surface area contributed by atoms with Crippen molar-refractivity contribution in [3.8, 4) is 0 Å². The number of hydrogen-bond acceptors (Lipinski definition) is 4. The molecular formula is C20H29N5O.